The molecule has 16 heavy (non-hydrogen) atoms. The van der Waals surface area contributed by atoms with Crippen LogP contribution in [0.1, 0.15) is 46.5 Å². The third-order valence-corrected chi connectivity index (χ3v) is 4.77. The van der Waals surface area contributed by atoms with E-state index in [9.17, 15) is 0 Å². The van der Waals surface area contributed by atoms with Crippen LogP contribution in [0.4, 0.5) is 0 Å². The third-order valence-electron chi connectivity index (χ3n) is 4.77. The minimum atomic E-state index is 0.638. The fourth-order valence-corrected chi connectivity index (χ4v) is 3.46. The fourth-order valence-electron chi connectivity index (χ4n) is 3.46. The zero-order valence-electron chi connectivity index (χ0n) is 11.2. The molecule has 2 nitrogen and oxygen atoms in total. The van der Waals surface area contributed by atoms with Crippen LogP contribution in [-0.2, 0) is 0 Å². The number of nitrogens with one attached hydrogen (secondary N) is 1. The van der Waals surface area contributed by atoms with Crippen LogP contribution in [0.25, 0.3) is 0 Å². The molecule has 1 aliphatic carbocycles. The van der Waals surface area contributed by atoms with Gasteiger partial charge in [-0.2, -0.15) is 0 Å². The van der Waals surface area contributed by atoms with Crippen LogP contribution in [0.15, 0.2) is 0 Å². The smallest absolute Gasteiger partial charge is 0.0218 e. The maximum atomic E-state index is 3.63. The largest absolute Gasteiger partial charge is 0.313 e. The monoisotopic (exact) mass is 224 g/mol. The van der Waals surface area contributed by atoms with Crippen LogP contribution in [0.2, 0.25) is 0 Å². The molecule has 0 spiro atoms. The predicted octanol–water partition coefficient (Wildman–Crippen LogP) is 2.49. The van der Waals surface area contributed by atoms with Gasteiger partial charge in [-0.05, 0) is 51.5 Å². The Morgan fingerprint density at radius 3 is 2.38 bits per heavy atom. The van der Waals surface area contributed by atoms with Crippen molar-refractivity contribution in [3.8, 4) is 0 Å². The molecule has 1 N–H and O–H groups in total. The van der Waals surface area contributed by atoms with Crippen LogP contribution in [0, 0.1) is 11.8 Å². The average Bonchev–Trinajstić information content (AvgIpc) is 2.84. The zero-order valence-corrected chi connectivity index (χ0v) is 11.2. The summed E-state index contributed by atoms with van der Waals surface area (Å²) >= 11 is 0. The molecule has 2 rings (SSSR count). The van der Waals surface area contributed by atoms with Crippen LogP contribution in [-0.4, -0.2) is 36.6 Å². The van der Waals surface area contributed by atoms with Crippen molar-refractivity contribution in [1.82, 2.24) is 10.2 Å². The molecule has 2 aliphatic rings. The Balaban J connectivity index is 1.79. The average molecular weight is 224 g/mol. The summed E-state index contributed by atoms with van der Waals surface area (Å²) in [4.78, 5) is 2.72. The van der Waals surface area contributed by atoms with Crippen molar-refractivity contribution in [2.45, 2.75) is 58.5 Å². The summed E-state index contributed by atoms with van der Waals surface area (Å²) in [6, 6.07) is 1.34. The molecule has 0 aromatic heterocycles. The standard InChI is InChI=1S/C14H28N2/c1-4-8-15-11(2)12(3)16-9-13-6-5-7-14(13)10-16/h11-15H,4-10H2,1-3H3. The highest BCUT2D eigenvalue weighted by Gasteiger charge is 2.38. The Morgan fingerprint density at radius 2 is 1.81 bits per heavy atom. The van der Waals surface area contributed by atoms with Gasteiger partial charge in [-0.25, -0.2) is 0 Å². The predicted molar refractivity (Wildman–Crippen MR) is 69.6 cm³/mol. The first kappa shape index (κ1) is 12.4. The topological polar surface area (TPSA) is 15.3 Å². The Hall–Kier alpha value is -0.0800. The molecule has 0 bridgehead atoms. The van der Waals surface area contributed by atoms with Crippen LogP contribution in [0.5, 0.6) is 0 Å². The van der Waals surface area contributed by atoms with Gasteiger partial charge in [0, 0.05) is 25.2 Å². The molecule has 0 aromatic carbocycles. The van der Waals surface area contributed by atoms with E-state index < -0.39 is 0 Å². The SMILES string of the molecule is CCCNC(C)C(C)N1CC2CCCC2C1. The maximum absolute atomic E-state index is 3.63. The van der Waals surface area contributed by atoms with Crippen molar-refractivity contribution in [2.75, 3.05) is 19.6 Å². The van der Waals surface area contributed by atoms with Gasteiger partial charge < -0.3 is 5.32 Å². The lowest BCUT2D eigenvalue weighted by Crippen LogP contribution is -2.46. The second-order valence-corrected chi connectivity index (χ2v) is 5.89. The van der Waals surface area contributed by atoms with Gasteiger partial charge in [-0.15, -0.1) is 0 Å². The number of nitrogens with zero attached hydrogens (tertiary/aromatic N) is 1. The third kappa shape index (κ3) is 2.60. The molecule has 0 amide bonds. The highest BCUT2D eigenvalue weighted by atomic mass is 15.2. The molecule has 1 saturated carbocycles. The van der Waals surface area contributed by atoms with Gasteiger partial charge in [0.05, 0.1) is 0 Å². The molecule has 2 fully saturated rings. The van der Waals surface area contributed by atoms with Gasteiger partial charge >= 0.3 is 0 Å². The number of rotatable bonds is 5. The van der Waals surface area contributed by atoms with Crippen molar-refractivity contribution in [3.05, 3.63) is 0 Å². The van der Waals surface area contributed by atoms with Gasteiger partial charge in [0.2, 0.25) is 0 Å². The first-order chi connectivity index (χ1) is 7.72. The van der Waals surface area contributed by atoms with Gasteiger partial charge in [0.1, 0.15) is 0 Å². The molecule has 2 heteroatoms. The van der Waals surface area contributed by atoms with Crippen LogP contribution >= 0.6 is 0 Å². The maximum Gasteiger partial charge on any atom is 0.0218 e. The highest BCUT2D eigenvalue weighted by Crippen LogP contribution is 2.38. The molecule has 4 unspecified atom stereocenters. The van der Waals surface area contributed by atoms with Crippen molar-refractivity contribution in [3.63, 3.8) is 0 Å². The van der Waals surface area contributed by atoms with Crippen molar-refractivity contribution >= 4 is 0 Å². The molecule has 0 aromatic rings. The Kier molecular flexibility index (Phi) is 4.26. The molecule has 94 valence electrons. The Bertz CT molecular complexity index is 205. The van der Waals surface area contributed by atoms with E-state index in [-0.39, 0.29) is 0 Å². The van der Waals surface area contributed by atoms with Gasteiger partial charge in [-0.3, -0.25) is 4.90 Å². The Morgan fingerprint density at radius 1 is 1.19 bits per heavy atom. The molecule has 0 radical (unpaired) electrons. The second kappa shape index (κ2) is 5.50. The number of hydrogen-bond donors (Lipinski definition) is 1. The quantitative estimate of drug-likeness (QED) is 0.772. The molecule has 1 heterocycles. The lowest BCUT2D eigenvalue weighted by Gasteiger charge is -2.31. The fraction of sp³-hybridized carbons (Fsp3) is 1.00. The van der Waals surface area contributed by atoms with E-state index in [4.69, 9.17) is 0 Å². The second-order valence-electron chi connectivity index (χ2n) is 5.89. The summed E-state index contributed by atoms with van der Waals surface area (Å²) in [6.07, 6.45) is 5.71. The van der Waals surface area contributed by atoms with E-state index in [2.05, 4.69) is 31.0 Å². The van der Waals surface area contributed by atoms with Crippen LogP contribution < -0.4 is 5.32 Å². The molecule has 1 aliphatic heterocycles. The van der Waals surface area contributed by atoms with E-state index in [1.54, 1.807) is 0 Å². The zero-order chi connectivity index (χ0) is 11.5. The van der Waals surface area contributed by atoms with Gasteiger partial charge in [0.25, 0.3) is 0 Å². The summed E-state index contributed by atoms with van der Waals surface area (Å²) in [5, 5.41) is 3.63. The summed E-state index contributed by atoms with van der Waals surface area (Å²) < 4.78 is 0. The van der Waals surface area contributed by atoms with Crippen LogP contribution in [0.3, 0.4) is 0 Å². The summed E-state index contributed by atoms with van der Waals surface area (Å²) in [5.41, 5.74) is 0. The summed E-state index contributed by atoms with van der Waals surface area (Å²) in [6.45, 7) is 10.9. The van der Waals surface area contributed by atoms with Crippen molar-refractivity contribution < 1.29 is 0 Å². The minimum absolute atomic E-state index is 0.638. The Labute approximate surface area is 101 Å². The van der Waals surface area contributed by atoms with E-state index >= 15 is 0 Å². The molecule has 4 atom stereocenters. The summed E-state index contributed by atoms with van der Waals surface area (Å²) in [7, 11) is 0. The minimum Gasteiger partial charge on any atom is -0.313 e. The first-order valence-electron chi connectivity index (χ1n) is 7.19. The van der Waals surface area contributed by atoms with E-state index in [0.717, 1.165) is 18.4 Å². The van der Waals surface area contributed by atoms with Crippen molar-refractivity contribution in [2.24, 2.45) is 11.8 Å². The molecular weight excluding hydrogens is 196 g/mol. The van der Waals surface area contributed by atoms with E-state index in [0.29, 0.717) is 12.1 Å². The highest BCUT2D eigenvalue weighted by molar-refractivity contribution is 4.92. The number of hydrogen-bond acceptors (Lipinski definition) is 2. The lowest BCUT2D eigenvalue weighted by atomic mass is 10.0. The van der Waals surface area contributed by atoms with E-state index in [1.807, 2.05) is 0 Å². The van der Waals surface area contributed by atoms with E-state index in [1.165, 1.54) is 38.8 Å². The first-order valence-corrected chi connectivity index (χ1v) is 7.19. The molecular formula is C14H28N2. The number of likely N-dealkylation sites (tertiary alicyclic amines) is 1. The van der Waals surface area contributed by atoms with Gasteiger partial charge in [-0.1, -0.05) is 13.3 Å². The van der Waals surface area contributed by atoms with Gasteiger partial charge in [0.15, 0.2) is 0 Å². The molecule has 1 saturated heterocycles. The summed E-state index contributed by atoms with van der Waals surface area (Å²) in [5.74, 6) is 2.06. The lowest BCUT2D eigenvalue weighted by molar-refractivity contribution is 0.199. The number of fused-ring (bicyclic) bond motifs is 1. The normalized spacial score (nSPS) is 33.9. The van der Waals surface area contributed by atoms with Crippen molar-refractivity contribution in [1.29, 1.82) is 0 Å².